The molecule has 0 saturated carbocycles. The molecule has 0 amide bonds. The summed E-state index contributed by atoms with van der Waals surface area (Å²) in [6, 6.07) is 0. The van der Waals surface area contributed by atoms with Crippen LogP contribution >= 0.6 is 0 Å². The fourth-order valence-electron chi connectivity index (χ4n) is 1.35. The Morgan fingerprint density at radius 2 is 2.08 bits per heavy atom. The van der Waals surface area contributed by atoms with Crippen LogP contribution in [0.5, 0.6) is 0 Å². The second-order valence-electron chi connectivity index (χ2n) is 3.55. The molecule has 0 spiro atoms. The van der Waals surface area contributed by atoms with E-state index in [4.69, 9.17) is 15.2 Å². The zero-order valence-electron chi connectivity index (χ0n) is 7.84. The van der Waals surface area contributed by atoms with Gasteiger partial charge in [-0.25, -0.2) is 0 Å². The van der Waals surface area contributed by atoms with E-state index in [-0.39, 0.29) is 5.60 Å². The monoisotopic (exact) mass is 173 g/mol. The Bertz CT molecular complexity index is 122. The number of ether oxygens (including phenoxy) is 2. The summed E-state index contributed by atoms with van der Waals surface area (Å²) in [6.45, 7) is 5.32. The van der Waals surface area contributed by atoms with Crippen LogP contribution < -0.4 is 5.73 Å². The van der Waals surface area contributed by atoms with E-state index in [0.717, 1.165) is 39.1 Å². The molecule has 0 radical (unpaired) electrons. The molecule has 1 heterocycles. The maximum absolute atomic E-state index is 5.75. The molecule has 1 fully saturated rings. The van der Waals surface area contributed by atoms with Crippen LogP contribution in [0.25, 0.3) is 0 Å². The third kappa shape index (κ3) is 3.09. The molecule has 1 aliphatic rings. The minimum absolute atomic E-state index is 0.0490. The highest BCUT2D eigenvalue weighted by atomic mass is 16.5. The van der Waals surface area contributed by atoms with Crippen molar-refractivity contribution in [2.75, 3.05) is 26.4 Å². The lowest BCUT2D eigenvalue weighted by Gasteiger charge is -2.33. The lowest BCUT2D eigenvalue weighted by molar-refractivity contribution is -0.0990. The number of nitrogens with two attached hydrogens (primary N) is 1. The predicted molar refractivity (Wildman–Crippen MR) is 48.1 cm³/mol. The van der Waals surface area contributed by atoms with Gasteiger partial charge in [0, 0.05) is 19.8 Å². The molecule has 1 saturated heterocycles. The first-order valence-corrected chi connectivity index (χ1v) is 4.69. The summed E-state index contributed by atoms with van der Waals surface area (Å²) >= 11 is 0. The summed E-state index contributed by atoms with van der Waals surface area (Å²) in [5.41, 5.74) is 5.43. The van der Waals surface area contributed by atoms with E-state index in [0.29, 0.717) is 6.54 Å². The van der Waals surface area contributed by atoms with Crippen molar-refractivity contribution in [2.24, 2.45) is 5.73 Å². The van der Waals surface area contributed by atoms with Crippen molar-refractivity contribution in [1.82, 2.24) is 0 Å². The van der Waals surface area contributed by atoms with Crippen molar-refractivity contribution in [1.29, 1.82) is 0 Å². The first-order chi connectivity index (χ1) is 5.77. The van der Waals surface area contributed by atoms with Crippen LogP contribution in [0.15, 0.2) is 0 Å². The van der Waals surface area contributed by atoms with Crippen LogP contribution in [-0.2, 0) is 9.47 Å². The van der Waals surface area contributed by atoms with E-state index in [1.807, 2.05) is 0 Å². The number of rotatable bonds is 4. The van der Waals surface area contributed by atoms with Crippen molar-refractivity contribution in [3.8, 4) is 0 Å². The Balaban J connectivity index is 2.17. The van der Waals surface area contributed by atoms with Gasteiger partial charge in [0.15, 0.2) is 0 Å². The van der Waals surface area contributed by atoms with Gasteiger partial charge in [0.2, 0.25) is 0 Å². The molecule has 1 rings (SSSR count). The topological polar surface area (TPSA) is 44.5 Å². The van der Waals surface area contributed by atoms with Crippen LogP contribution in [0.3, 0.4) is 0 Å². The Kier molecular flexibility index (Phi) is 3.98. The Morgan fingerprint density at radius 3 is 2.67 bits per heavy atom. The van der Waals surface area contributed by atoms with E-state index in [2.05, 4.69) is 6.92 Å². The van der Waals surface area contributed by atoms with E-state index in [1.165, 1.54) is 0 Å². The van der Waals surface area contributed by atoms with E-state index >= 15 is 0 Å². The van der Waals surface area contributed by atoms with Crippen molar-refractivity contribution in [3.63, 3.8) is 0 Å². The van der Waals surface area contributed by atoms with Crippen molar-refractivity contribution in [2.45, 2.75) is 31.8 Å². The van der Waals surface area contributed by atoms with E-state index in [9.17, 15) is 0 Å². The zero-order chi connectivity index (χ0) is 8.86. The fraction of sp³-hybridized carbons (Fsp3) is 1.00. The van der Waals surface area contributed by atoms with Gasteiger partial charge in [0.05, 0.1) is 5.60 Å². The minimum atomic E-state index is 0.0490. The zero-order valence-corrected chi connectivity index (χ0v) is 7.84. The molecule has 12 heavy (non-hydrogen) atoms. The largest absolute Gasteiger partial charge is 0.381 e. The first kappa shape index (κ1) is 9.96. The third-order valence-corrected chi connectivity index (χ3v) is 2.35. The molecule has 0 atom stereocenters. The van der Waals surface area contributed by atoms with E-state index in [1.54, 1.807) is 0 Å². The summed E-state index contributed by atoms with van der Waals surface area (Å²) in [5.74, 6) is 0. The molecule has 0 aromatic carbocycles. The summed E-state index contributed by atoms with van der Waals surface area (Å²) in [7, 11) is 0. The molecule has 0 aromatic heterocycles. The first-order valence-electron chi connectivity index (χ1n) is 4.69. The lowest BCUT2D eigenvalue weighted by atomic mass is 9.97. The van der Waals surface area contributed by atoms with Gasteiger partial charge in [0.1, 0.15) is 0 Å². The summed E-state index contributed by atoms with van der Waals surface area (Å²) < 4.78 is 11.0. The predicted octanol–water partition coefficient (Wildman–Crippen LogP) is 0.921. The van der Waals surface area contributed by atoms with Crippen molar-refractivity contribution >= 4 is 0 Å². The average Bonchev–Trinajstić information content (AvgIpc) is 2.06. The minimum Gasteiger partial charge on any atom is -0.381 e. The van der Waals surface area contributed by atoms with Crippen molar-refractivity contribution < 1.29 is 9.47 Å². The molecule has 3 heteroatoms. The molecule has 0 aliphatic carbocycles. The molecule has 72 valence electrons. The average molecular weight is 173 g/mol. The third-order valence-electron chi connectivity index (χ3n) is 2.35. The fourth-order valence-corrected chi connectivity index (χ4v) is 1.35. The van der Waals surface area contributed by atoms with Crippen LogP contribution in [0.2, 0.25) is 0 Å². The van der Waals surface area contributed by atoms with Gasteiger partial charge in [-0.1, -0.05) is 0 Å². The molecule has 0 bridgehead atoms. The SMILES string of the molecule is CC1(OCCCN)CCOCC1. The Hall–Kier alpha value is -0.120. The number of hydrogen-bond donors (Lipinski definition) is 1. The van der Waals surface area contributed by atoms with Crippen LogP contribution in [0.1, 0.15) is 26.2 Å². The van der Waals surface area contributed by atoms with Crippen LogP contribution in [-0.4, -0.2) is 32.0 Å². The quantitative estimate of drug-likeness (QED) is 0.643. The second-order valence-corrected chi connectivity index (χ2v) is 3.55. The highest BCUT2D eigenvalue weighted by Gasteiger charge is 2.27. The van der Waals surface area contributed by atoms with Gasteiger partial charge >= 0.3 is 0 Å². The van der Waals surface area contributed by atoms with Gasteiger partial charge in [-0.05, 0) is 32.7 Å². The molecule has 0 aromatic rings. The van der Waals surface area contributed by atoms with Crippen molar-refractivity contribution in [3.05, 3.63) is 0 Å². The summed E-state index contributed by atoms with van der Waals surface area (Å²) in [6.07, 6.45) is 2.98. The smallest absolute Gasteiger partial charge is 0.0698 e. The lowest BCUT2D eigenvalue weighted by Crippen LogP contribution is -2.36. The highest BCUT2D eigenvalue weighted by Crippen LogP contribution is 2.24. The molecule has 2 N–H and O–H groups in total. The van der Waals surface area contributed by atoms with Gasteiger partial charge in [-0.3, -0.25) is 0 Å². The summed E-state index contributed by atoms with van der Waals surface area (Å²) in [4.78, 5) is 0. The second kappa shape index (κ2) is 4.80. The van der Waals surface area contributed by atoms with E-state index < -0.39 is 0 Å². The van der Waals surface area contributed by atoms with Gasteiger partial charge in [-0.15, -0.1) is 0 Å². The van der Waals surface area contributed by atoms with Gasteiger partial charge in [0.25, 0.3) is 0 Å². The molecule has 1 aliphatic heterocycles. The standard InChI is InChI=1S/C9H19NO2/c1-9(12-6-2-5-10)3-7-11-8-4-9/h2-8,10H2,1H3. The molecular formula is C9H19NO2. The molecule has 0 unspecified atom stereocenters. The molecular weight excluding hydrogens is 154 g/mol. The summed E-state index contributed by atoms with van der Waals surface area (Å²) in [5, 5.41) is 0. The maximum Gasteiger partial charge on any atom is 0.0698 e. The van der Waals surface area contributed by atoms with Crippen LogP contribution in [0.4, 0.5) is 0 Å². The van der Waals surface area contributed by atoms with Gasteiger partial charge in [-0.2, -0.15) is 0 Å². The molecule has 3 nitrogen and oxygen atoms in total. The van der Waals surface area contributed by atoms with Gasteiger partial charge < -0.3 is 15.2 Å². The number of hydrogen-bond acceptors (Lipinski definition) is 3. The normalized spacial score (nSPS) is 22.5. The van der Waals surface area contributed by atoms with Crippen LogP contribution in [0, 0.1) is 0 Å². The maximum atomic E-state index is 5.75. The Morgan fingerprint density at radius 1 is 1.42 bits per heavy atom. The Labute approximate surface area is 74.2 Å². The highest BCUT2D eigenvalue weighted by molar-refractivity contribution is 4.77.